The number of unbranched alkanes of at least 4 members (excludes halogenated alkanes) is 1. The smallest absolute Gasteiger partial charge is 0.330 e. The zero-order valence-electron chi connectivity index (χ0n) is 8.09. The van der Waals surface area contributed by atoms with Crippen molar-refractivity contribution >= 4 is 5.97 Å². The van der Waals surface area contributed by atoms with Crippen LogP contribution in [0, 0.1) is 0 Å². The van der Waals surface area contributed by atoms with Gasteiger partial charge in [0.05, 0.1) is 6.61 Å². The van der Waals surface area contributed by atoms with E-state index in [9.17, 15) is 9.18 Å². The van der Waals surface area contributed by atoms with Gasteiger partial charge >= 0.3 is 5.97 Å². The number of rotatable bonds is 7. The van der Waals surface area contributed by atoms with Crippen molar-refractivity contribution in [3.63, 3.8) is 0 Å². The highest BCUT2D eigenvalue weighted by Gasteiger charge is 2.06. The molecule has 0 fully saturated rings. The number of carbonyl (C=O) groups excluding carboxylic acids is 1. The van der Waals surface area contributed by atoms with Crippen molar-refractivity contribution in [1.29, 1.82) is 0 Å². The maximum absolute atomic E-state index is 12.9. The monoisotopic (exact) mass is 188 g/mol. The van der Waals surface area contributed by atoms with Crippen molar-refractivity contribution in [2.45, 2.75) is 38.8 Å². The average Bonchev–Trinajstić information content (AvgIpc) is 2.14. The summed E-state index contributed by atoms with van der Waals surface area (Å²) in [6.45, 7) is 5.41. The number of carbonyl (C=O) groups is 1. The standard InChI is InChI=1S/C10H17FO2/c1-3-5-6-9(11)7-8-13-10(12)4-2/h4,9H,2-3,5-8H2,1H3. The van der Waals surface area contributed by atoms with Crippen LogP contribution in [0.5, 0.6) is 0 Å². The van der Waals surface area contributed by atoms with Crippen molar-refractivity contribution < 1.29 is 13.9 Å². The third kappa shape index (κ3) is 7.50. The Bertz CT molecular complexity index is 157. The van der Waals surface area contributed by atoms with Crippen molar-refractivity contribution in [3.05, 3.63) is 12.7 Å². The summed E-state index contributed by atoms with van der Waals surface area (Å²) in [5.41, 5.74) is 0. The van der Waals surface area contributed by atoms with Gasteiger partial charge in [0.25, 0.3) is 0 Å². The molecule has 0 aromatic carbocycles. The van der Waals surface area contributed by atoms with Crippen LogP contribution in [0.1, 0.15) is 32.6 Å². The number of hydrogen-bond donors (Lipinski definition) is 0. The lowest BCUT2D eigenvalue weighted by Crippen LogP contribution is -2.08. The molecule has 0 radical (unpaired) electrons. The molecule has 0 spiro atoms. The molecular formula is C10H17FO2. The minimum Gasteiger partial charge on any atom is -0.462 e. The molecule has 0 saturated carbocycles. The Morgan fingerprint density at radius 2 is 2.31 bits per heavy atom. The Hall–Kier alpha value is -0.860. The lowest BCUT2D eigenvalue weighted by Gasteiger charge is -2.06. The second kappa shape index (κ2) is 7.77. The first-order valence-corrected chi connectivity index (χ1v) is 4.64. The molecule has 1 unspecified atom stereocenters. The van der Waals surface area contributed by atoms with E-state index in [2.05, 4.69) is 11.3 Å². The summed E-state index contributed by atoms with van der Waals surface area (Å²) in [6, 6.07) is 0. The molecule has 0 aliphatic carbocycles. The zero-order valence-corrected chi connectivity index (χ0v) is 8.09. The summed E-state index contributed by atoms with van der Waals surface area (Å²) in [4.78, 5) is 10.5. The Kier molecular flexibility index (Phi) is 7.26. The molecule has 76 valence electrons. The molecule has 0 heterocycles. The molecule has 0 aromatic rings. The molecule has 0 rings (SSSR count). The number of hydrogen-bond acceptors (Lipinski definition) is 2. The van der Waals surface area contributed by atoms with E-state index in [1.165, 1.54) is 0 Å². The lowest BCUT2D eigenvalue weighted by molar-refractivity contribution is -0.138. The summed E-state index contributed by atoms with van der Waals surface area (Å²) in [7, 11) is 0. The van der Waals surface area contributed by atoms with Crippen LogP contribution in [-0.2, 0) is 9.53 Å². The van der Waals surface area contributed by atoms with Gasteiger partial charge in [-0.05, 0) is 6.42 Å². The van der Waals surface area contributed by atoms with E-state index in [1.807, 2.05) is 6.92 Å². The molecular weight excluding hydrogens is 171 g/mol. The number of esters is 1. The Morgan fingerprint density at radius 1 is 1.62 bits per heavy atom. The maximum Gasteiger partial charge on any atom is 0.330 e. The highest BCUT2D eigenvalue weighted by Crippen LogP contribution is 2.08. The van der Waals surface area contributed by atoms with Crippen LogP contribution < -0.4 is 0 Å². The molecule has 0 aliphatic heterocycles. The van der Waals surface area contributed by atoms with Gasteiger partial charge in [-0.1, -0.05) is 26.3 Å². The van der Waals surface area contributed by atoms with Crippen molar-refractivity contribution in [3.8, 4) is 0 Å². The van der Waals surface area contributed by atoms with Crippen molar-refractivity contribution in [2.75, 3.05) is 6.61 Å². The van der Waals surface area contributed by atoms with E-state index in [-0.39, 0.29) is 6.61 Å². The number of alkyl halides is 1. The first-order valence-electron chi connectivity index (χ1n) is 4.64. The van der Waals surface area contributed by atoms with Crippen LogP contribution in [-0.4, -0.2) is 18.7 Å². The van der Waals surface area contributed by atoms with Gasteiger partial charge in [0.15, 0.2) is 0 Å². The van der Waals surface area contributed by atoms with E-state index in [0.717, 1.165) is 18.9 Å². The fourth-order valence-corrected chi connectivity index (χ4v) is 0.916. The normalized spacial score (nSPS) is 12.2. The van der Waals surface area contributed by atoms with Gasteiger partial charge in [-0.15, -0.1) is 0 Å². The van der Waals surface area contributed by atoms with Crippen LogP contribution in [0.25, 0.3) is 0 Å². The topological polar surface area (TPSA) is 26.3 Å². The largest absolute Gasteiger partial charge is 0.462 e. The van der Waals surface area contributed by atoms with E-state index < -0.39 is 12.1 Å². The number of halogens is 1. The summed E-state index contributed by atoms with van der Waals surface area (Å²) >= 11 is 0. The zero-order chi connectivity index (χ0) is 10.1. The van der Waals surface area contributed by atoms with Gasteiger partial charge in [-0.2, -0.15) is 0 Å². The van der Waals surface area contributed by atoms with Crippen LogP contribution in [0.4, 0.5) is 4.39 Å². The van der Waals surface area contributed by atoms with Crippen molar-refractivity contribution in [1.82, 2.24) is 0 Å². The molecule has 2 nitrogen and oxygen atoms in total. The molecule has 1 atom stereocenters. The van der Waals surface area contributed by atoms with Gasteiger partial charge in [-0.25, -0.2) is 9.18 Å². The van der Waals surface area contributed by atoms with Crippen LogP contribution in [0.2, 0.25) is 0 Å². The van der Waals surface area contributed by atoms with Gasteiger partial charge in [0.1, 0.15) is 6.17 Å². The average molecular weight is 188 g/mol. The number of ether oxygens (including phenoxy) is 1. The van der Waals surface area contributed by atoms with E-state index >= 15 is 0 Å². The van der Waals surface area contributed by atoms with Crippen molar-refractivity contribution in [2.24, 2.45) is 0 Å². The van der Waals surface area contributed by atoms with E-state index in [0.29, 0.717) is 12.8 Å². The molecule has 0 saturated heterocycles. The second-order valence-corrected chi connectivity index (χ2v) is 2.90. The predicted molar refractivity (Wildman–Crippen MR) is 50.2 cm³/mol. The third-order valence-electron chi connectivity index (χ3n) is 1.71. The van der Waals surface area contributed by atoms with E-state index in [1.54, 1.807) is 0 Å². The maximum atomic E-state index is 12.9. The van der Waals surface area contributed by atoms with E-state index in [4.69, 9.17) is 0 Å². The van der Waals surface area contributed by atoms with Crippen LogP contribution in [0.15, 0.2) is 12.7 Å². The molecule has 0 bridgehead atoms. The first kappa shape index (κ1) is 12.1. The minimum absolute atomic E-state index is 0.149. The highest BCUT2D eigenvalue weighted by atomic mass is 19.1. The molecule has 0 amide bonds. The quantitative estimate of drug-likeness (QED) is 0.453. The predicted octanol–water partition coefficient (Wildman–Crippen LogP) is 2.63. The Labute approximate surface area is 78.8 Å². The highest BCUT2D eigenvalue weighted by molar-refractivity contribution is 5.81. The summed E-state index contributed by atoms with van der Waals surface area (Å²) in [6.07, 6.45) is 2.96. The second-order valence-electron chi connectivity index (χ2n) is 2.90. The Balaban J connectivity index is 3.30. The SMILES string of the molecule is C=CC(=O)OCCC(F)CCCC. The van der Waals surface area contributed by atoms with Gasteiger partial charge in [0.2, 0.25) is 0 Å². The molecule has 0 N–H and O–H groups in total. The Morgan fingerprint density at radius 3 is 2.85 bits per heavy atom. The molecule has 3 heteroatoms. The summed E-state index contributed by atoms with van der Waals surface area (Å²) in [5.74, 6) is -0.484. The molecule has 13 heavy (non-hydrogen) atoms. The molecule has 0 aliphatic rings. The molecule has 0 aromatic heterocycles. The minimum atomic E-state index is -0.849. The van der Waals surface area contributed by atoms with Crippen LogP contribution >= 0.6 is 0 Å². The van der Waals surface area contributed by atoms with Gasteiger partial charge in [-0.3, -0.25) is 0 Å². The lowest BCUT2D eigenvalue weighted by atomic mass is 10.1. The van der Waals surface area contributed by atoms with Crippen LogP contribution in [0.3, 0.4) is 0 Å². The fraction of sp³-hybridized carbons (Fsp3) is 0.700. The third-order valence-corrected chi connectivity index (χ3v) is 1.71. The summed E-state index contributed by atoms with van der Waals surface area (Å²) in [5, 5.41) is 0. The van der Waals surface area contributed by atoms with Gasteiger partial charge < -0.3 is 4.74 Å². The van der Waals surface area contributed by atoms with Gasteiger partial charge in [0, 0.05) is 12.5 Å². The fourth-order valence-electron chi connectivity index (χ4n) is 0.916. The summed E-state index contributed by atoms with van der Waals surface area (Å²) < 4.78 is 17.6. The first-order chi connectivity index (χ1) is 6.20.